The van der Waals surface area contributed by atoms with Crippen molar-refractivity contribution in [2.75, 3.05) is 25.0 Å². The standard InChI is InChI=1S/C22H23N5O6/c28-20(23-15-4-2-1-3-5-15)13-25-10-8-16(9-11-25)24-21(29)14-26-18-7-6-17(27(31)32)12-19(18)33-22(26)30/h1-7,12,16H,8-11,13-14H2,(H,23,28)(H,24,29). The van der Waals surface area contributed by atoms with Gasteiger partial charge in [-0.15, -0.1) is 0 Å². The molecule has 0 saturated carbocycles. The summed E-state index contributed by atoms with van der Waals surface area (Å²) in [5.41, 5.74) is 0.933. The fourth-order valence-corrected chi connectivity index (χ4v) is 3.90. The van der Waals surface area contributed by atoms with E-state index in [1.807, 2.05) is 35.2 Å². The minimum absolute atomic E-state index is 0.0593. The first kappa shape index (κ1) is 22.2. The van der Waals surface area contributed by atoms with Gasteiger partial charge in [0.25, 0.3) is 5.69 Å². The molecule has 0 radical (unpaired) electrons. The molecule has 1 saturated heterocycles. The second kappa shape index (κ2) is 9.65. The van der Waals surface area contributed by atoms with Crippen LogP contribution in [0.5, 0.6) is 0 Å². The van der Waals surface area contributed by atoms with Gasteiger partial charge in [-0.05, 0) is 31.0 Å². The Morgan fingerprint density at radius 2 is 1.79 bits per heavy atom. The van der Waals surface area contributed by atoms with Crippen LogP contribution in [-0.2, 0) is 16.1 Å². The first-order chi connectivity index (χ1) is 15.9. The number of anilines is 1. The van der Waals surface area contributed by atoms with Gasteiger partial charge in [0.15, 0.2) is 5.58 Å². The van der Waals surface area contributed by atoms with Gasteiger partial charge in [-0.3, -0.25) is 29.2 Å². The highest BCUT2D eigenvalue weighted by Gasteiger charge is 2.23. The summed E-state index contributed by atoms with van der Waals surface area (Å²) in [6, 6.07) is 13.0. The predicted molar refractivity (Wildman–Crippen MR) is 120 cm³/mol. The topological polar surface area (TPSA) is 140 Å². The molecule has 11 nitrogen and oxygen atoms in total. The van der Waals surface area contributed by atoms with E-state index in [2.05, 4.69) is 10.6 Å². The molecule has 2 N–H and O–H groups in total. The number of fused-ring (bicyclic) bond motifs is 1. The number of rotatable bonds is 7. The minimum Gasteiger partial charge on any atom is -0.407 e. The zero-order chi connectivity index (χ0) is 23.4. The molecule has 1 fully saturated rings. The van der Waals surface area contributed by atoms with Crippen molar-refractivity contribution < 1.29 is 18.9 Å². The number of nitrogens with zero attached hydrogens (tertiary/aromatic N) is 3. The third kappa shape index (κ3) is 5.44. The van der Waals surface area contributed by atoms with Gasteiger partial charge in [0.1, 0.15) is 6.54 Å². The van der Waals surface area contributed by atoms with Gasteiger partial charge in [-0.2, -0.15) is 0 Å². The molecule has 4 rings (SSSR count). The van der Waals surface area contributed by atoms with Gasteiger partial charge in [-0.1, -0.05) is 18.2 Å². The number of non-ortho nitro benzene ring substituents is 1. The quantitative estimate of drug-likeness (QED) is 0.410. The third-order valence-corrected chi connectivity index (χ3v) is 5.54. The molecule has 1 aromatic heterocycles. The molecule has 33 heavy (non-hydrogen) atoms. The van der Waals surface area contributed by atoms with Crippen molar-refractivity contribution in [2.24, 2.45) is 0 Å². The number of amides is 2. The predicted octanol–water partition coefficient (Wildman–Crippen LogP) is 1.72. The van der Waals surface area contributed by atoms with Crippen molar-refractivity contribution in [3.05, 3.63) is 69.2 Å². The lowest BCUT2D eigenvalue weighted by Crippen LogP contribution is -2.47. The van der Waals surface area contributed by atoms with Crippen molar-refractivity contribution >= 4 is 34.3 Å². The van der Waals surface area contributed by atoms with E-state index in [1.165, 1.54) is 12.1 Å². The summed E-state index contributed by atoms with van der Waals surface area (Å²) < 4.78 is 6.20. The molecule has 172 valence electrons. The van der Waals surface area contributed by atoms with Crippen LogP contribution in [0, 0.1) is 10.1 Å². The van der Waals surface area contributed by atoms with Crippen LogP contribution in [0.25, 0.3) is 11.1 Å². The monoisotopic (exact) mass is 453 g/mol. The van der Waals surface area contributed by atoms with Crippen LogP contribution in [-0.4, -0.2) is 51.9 Å². The van der Waals surface area contributed by atoms with E-state index in [0.29, 0.717) is 31.4 Å². The SMILES string of the molecule is O=C(CN1CCC(NC(=O)Cn2c(=O)oc3cc([N+](=O)[O-])ccc32)CC1)Nc1ccccc1. The molecule has 0 unspecified atom stereocenters. The summed E-state index contributed by atoms with van der Waals surface area (Å²) in [6.07, 6.45) is 1.36. The number of oxazole rings is 1. The van der Waals surface area contributed by atoms with E-state index in [9.17, 15) is 24.5 Å². The number of aromatic nitrogens is 1. The van der Waals surface area contributed by atoms with Crippen LogP contribution in [0.2, 0.25) is 0 Å². The van der Waals surface area contributed by atoms with E-state index in [-0.39, 0.29) is 42.2 Å². The molecule has 0 atom stereocenters. The van der Waals surface area contributed by atoms with Gasteiger partial charge < -0.3 is 15.1 Å². The largest absolute Gasteiger partial charge is 0.420 e. The van der Waals surface area contributed by atoms with Crippen molar-refractivity contribution in [2.45, 2.75) is 25.4 Å². The summed E-state index contributed by atoms with van der Waals surface area (Å²) in [6.45, 7) is 1.35. The molecular formula is C22H23N5O6. The smallest absolute Gasteiger partial charge is 0.407 e. The number of piperidine rings is 1. The van der Waals surface area contributed by atoms with Crippen LogP contribution in [0.4, 0.5) is 11.4 Å². The molecule has 3 aromatic rings. The first-order valence-corrected chi connectivity index (χ1v) is 10.5. The fraction of sp³-hybridized carbons (Fsp3) is 0.318. The number of nitro benzene ring substituents is 1. The zero-order valence-corrected chi connectivity index (χ0v) is 17.7. The number of hydrogen-bond donors (Lipinski definition) is 2. The van der Waals surface area contributed by atoms with Crippen molar-refractivity contribution in [1.82, 2.24) is 14.8 Å². The van der Waals surface area contributed by atoms with Crippen LogP contribution >= 0.6 is 0 Å². The van der Waals surface area contributed by atoms with Gasteiger partial charge >= 0.3 is 5.76 Å². The van der Waals surface area contributed by atoms with Crippen LogP contribution in [0.15, 0.2) is 57.7 Å². The van der Waals surface area contributed by atoms with Gasteiger partial charge in [0, 0.05) is 30.9 Å². The molecular weight excluding hydrogens is 430 g/mol. The highest BCUT2D eigenvalue weighted by molar-refractivity contribution is 5.92. The summed E-state index contributed by atoms with van der Waals surface area (Å²) in [7, 11) is 0. The fourth-order valence-electron chi connectivity index (χ4n) is 3.90. The summed E-state index contributed by atoms with van der Waals surface area (Å²) >= 11 is 0. The molecule has 2 heterocycles. The molecule has 1 aliphatic rings. The van der Waals surface area contributed by atoms with Crippen molar-refractivity contribution in [3.63, 3.8) is 0 Å². The molecule has 11 heteroatoms. The highest BCUT2D eigenvalue weighted by atomic mass is 16.6. The molecule has 2 aromatic carbocycles. The Morgan fingerprint density at radius 3 is 2.48 bits per heavy atom. The summed E-state index contributed by atoms with van der Waals surface area (Å²) in [5.74, 6) is -1.19. The maximum Gasteiger partial charge on any atom is 0.420 e. The Bertz CT molecular complexity index is 1230. The average Bonchev–Trinajstić information content (AvgIpc) is 3.10. The van der Waals surface area contributed by atoms with Crippen LogP contribution < -0.4 is 16.4 Å². The molecule has 2 amide bonds. The Morgan fingerprint density at radius 1 is 1.06 bits per heavy atom. The Balaban J connectivity index is 1.27. The summed E-state index contributed by atoms with van der Waals surface area (Å²) in [5, 5.41) is 16.7. The van der Waals surface area contributed by atoms with Crippen molar-refractivity contribution in [3.8, 4) is 0 Å². The Labute approximate surface area is 188 Å². The normalized spacial score (nSPS) is 14.8. The third-order valence-electron chi connectivity index (χ3n) is 5.54. The lowest BCUT2D eigenvalue weighted by molar-refractivity contribution is -0.384. The number of para-hydroxylation sites is 1. The average molecular weight is 453 g/mol. The number of nitro groups is 1. The number of nitrogens with one attached hydrogen (secondary N) is 2. The minimum atomic E-state index is -0.750. The highest BCUT2D eigenvalue weighted by Crippen LogP contribution is 2.20. The molecule has 0 spiro atoms. The summed E-state index contributed by atoms with van der Waals surface area (Å²) in [4.78, 5) is 49.2. The molecule has 0 bridgehead atoms. The Hall–Kier alpha value is -3.99. The van der Waals surface area contributed by atoms with E-state index in [1.54, 1.807) is 0 Å². The Kier molecular flexibility index (Phi) is 6.50. The number of carbonyl (C=O) groups is 2. The maximum absolute atomic E-state index is 12.5. The maximum atomic E-state index is 12.5. The number of likely N-dealkylation sites (tertiary alicyclic amines) is 1. The lowest BCUT2D eigenvalue weighted by Gasteiger charge is -2.31. The molecule has 0 aliphatic carbocycles. The van der Waals surface area contributed by atoms with Crippen LogP contribution in [0.1, 0.15) is 12.8 Å². The van der Waals surface area contributed by atoms with Crippen molar-refractivity contribution in [1.29, 1.82) is 0 Å². The van der Waals surface area contributed by atoms with E-state index in [0.717, 1.165) is 16.3 Å². The van der Waals surface area contributed by atoms with Gasteiger partial charge in [0.2, 0.25) is 11.8 Å². The lowest BCUT2D eigenvalue weighted by atomic mass is 10.0. The number of carbonyl (C=O) groups excluding carboxylic acids is 2. The second-order valence-electron chi connectivity index (χ2n) is 7.90. The number of benzene rings is 2. The van der Waals surface area contributed by atoms with Crippen LogP contribution in [0.3, 0.4) is 0 Å². The van der Waals surface area contributed by atoms with E-state index >= 15 is 0 Å². The van der Waals surface area contributed by atoms with Gasteiger partial charge in [0.05, 0.1) is 23.1 Å². The molecule has 1 aliphatic heterocycles. The first-order valence-electron chi connectivity index (χ1n) is 10.5. The zero-order valence-electron chi connectivity index (χ0n) is 17.7. The van der Waals surface area contributed by atoms with E-state index in [4.69, 9.17) is 4.42 Å². The number of hydrogen-bond acceptors (Lipinski definition) is 7. The second-order valence-corrected chi connectivity index (χ2v) is 7.90. The van der Waals surface area contributed by atoms with Gasteiger partial charge in [-0.25, -0.2) is 4.79 Å². The van der Waals surface area contributed by atoms with E-state index < -0.39 is 10.7 Å².